The van der Waals surface area contributed by atoms with Gasteiger partial charge in [0.2, 0.25) is 5.95 Å². The van der Waals surface area contributed by atoms with Crippen LogP contribution in [-0.4, -0.2) is 29.3 Å². The largest absolute Gasteiger partial charge is 0.378 e. The molecule has 2 heterocycles. The van der Waals surface area contributed by atoms with Crippen molar-refractivity contribution < 1.29 is 4.39 Å². The average Bonchev–Trinajstić information content (AvgIpc) is 3.00. The fourth-order valence-corrected chi connectivity index (χ4v) is 2.25. The van der Waals surface area contributed by atoms with Crippen LogP contribution in [-0.2, 0) is 0 Å². The third-order valence-corrected chi connectivity index (χ3v) is 3.58. The van der Waals surface area contributed by atoms with Crippen LogP contribution >= 0.6 is 0 Å². The number of anilines is 1. The highest BCUT2D eigenvalue weighted by Gasteiger charge is 2.08. The second-order valence-electron chi connectivity index (χ2n) is 5.44. The zero-order chi connectivity index (χ0) is 15.7. The third kappa shape index (κ3) is 2.70. The van der Waals surface area contributed by atoms with Crippen molar-refractivity contribution in [1.29, 1.82) is 0 Å². The number of nitrogens with zero attached hydrogens (tertiary/aromatic N) is 3. The summed E-state index contributed by atoms with van der Waals surface area (Å²) < 4.78 is 13.2. The molecule has 0 amide bonds. The lowest BCUT2D eigenvalue weighted by molar-refractivity contribution is 0.575. The highest BCUT2D eigenvalue weighted by molar-refractivity contribution is 5.69. The molecule has 5 heteroatoms. The summed E-state index contributed by atoms with van der Waals surface area (Å²) in [5.41, 5.74) is 5.17. The van der Waals surface area contributed by atoms with Gasteiger partial charge < -0.3 is 4.90 Å². The molecule has 112 valence electrons. The normalized spacial score (nSPS) is 10.7. The molecule has 4 nitrogen and oxygen atoms in total. The van der Waals surface area contributed by atoms with Crippen molar-refractivity contribution >= 4 is 5.69 Å². The number of benzene rings is 1. The van der Waals surface area contributed by atoms with Crippen LogP contribution in [0.4, 0.5) is 10.1 Å². The van der Waals surface area contributed by atoms with E-state index in [1.54, 1.807) is 13.0 Å². The van der Waals surface area contributed by atoms with Crippen LogP contribution in [0, 0.1) is 12.9 Å². The molecule has 0 aliphatic rings. The summed E-state index contributed by atoms with van der Waals surface area (Å²) in [5, 5.41) is 7.31. The number of H-pyrrole nitrogens is 1. The smallest absolute Gasteiger partial charge is 0.215 e. The topological polar surface area (TPSA) is 44.8 Å². The van der Waals surface area contributed by atoms with Crippen molar-refractivity contribution in [3.8, 4) is 22.5 Å². The summed E-state index contributed by atoms with van der Waals surface area (Å²) in [4.78, 5) is 5.79. The van der Waals surface area contributed by atoms with Gasteiger partial charge >= 0.3 is 0 Å². The number of aromatic nitrogens is 3. The second-order valence-corrected chi connectivity index (χ2v) is 5.44. The lowest BCUT2D eigenvalue weighted by Gasteiger charge is -2.12. The van der Waals surface area contributed by atoms with Crippen LogP contribution in [0.5, 0.6) is 0 Å². The molecule has 0 aliphatic heterocycles. The first-order valence-electron chi connectivity index (χ1n) is 7.00. The zero-order valence-corrected chi connectivity index (χ0v) is 12.8. The van der Waals surface area contributed by atoms with Gasteiger partial charge in [-0.3, -0.25) is 5.10 Å². The molecule has 0 radical (unpaired) electrons. The first-order chi connectivity index (χ1) is 10.5. The Balaban J connectivity index is 1.91. The monoisotopic (exact) mass is 296 g/mol. The molecule has 1 aromatic carbocycles. The molecule has 22 heavy (non-hydrogen) atoms. The first kappa shape index (κ1) is 14.3. The Labute approximate surface area is 128 Å². The van der Waals surface area contributed by atoms with E-state index < -0.39 is 5.95 Å². The Morgan fingerprint density at radius 1 is 1.05 bits per heavy atom. The summed E-state index contributed by atoms with van der Waals surface area (Å²) in [5.74, 6) is -0.446. The molecule has 0 fully saturated rings. The number of hydrogen-bond donors (Lipinski definition) is 1. The number of nitrogens with one attached hydrogen (secondary N) is 1. The standard InChI is InChI=1S/C17H17FN4/c1-11-8-13(10-19-17(11)18)16-9-15(20-21-16)12-4-6-14(7-5-12)22(2)3/h4-10H,1-3H3,(H,20,21). The van der Waals surface area contributed by atoms with Crippen LogP contribution < -0.4 is 4.90 Å². The van der Waals surface area contributed by atoms with Gasteiger partial charge in [-0.05, 0) is 36.8 Å². The predicted molar refractivity (Wildman–Crippen MR) is 86.3 cm³/mol. The lowest BCUT2D eigenvalue weighted by atomic mass is 10.1. The van der Waals surface area contributed by atoms with E-state index in [-0.39, 0.29) is 0 Å². The molecule has 0 unspecified atom stereocenters. The molecule has 1 N–H and O–H groups in total. The van der Waals surface area contributed by atoms with Crippen molar-refractivity contribution in [2.75, 3.05) is 19.0 Å². The van der Waals surface area contributed by atoms with Gasteiger partial charge in [-0.2, -0.15) is 9.49 Å². The molecular formula is C17H17FN4. The van der Waals surface area contributed by atoms with Gasteiger partial charge in [-0.25, -0.2) is 4.98 Å². The van der Waals surface area contributed by atoms with Crippen molar-refractivity contribution in [2.45, 2.75) is 6.92 Å². The Bertz CT molecular complexity index is 791. The number of rotatable bonds is 3. The Morgan fingerprint density at radius 3 is 2.41 bits per heavy atom. The van der Waals surface area contributed by atoms with Gasteiger partial charge in [0.15, 0.2) is 0 Å². The number of aromatic amines is 1. The average molecular weight is 296 g/mol. The minimum absolute atomic E-state index is 0.446. The van der Waals surface area contributed by atoms with E-state index in [0.29, 0.717) is 5.56 Å². The summed E-state index contributed by atoms with van der Waals surface area (Å²) in [6.07, 6.45) is 1.50. The van der Waals surface area contributed by atoms with Gasteiger partial charge in [-0.1, -0.05) is 12.1 Å². The highest BCUT2D eigenvalue weighted by atomic mass is 19.1. The quantitative estimate of drug-likeness (QED) is 0.750. The van der Waals surface area contributed by atoms with Gasteiger partial charge in [0, 0.05) is 37.1 Å². The van der Waals surface area contributed by atoms with Crippen LogP contribution in [0.3, 0.4) is 0 Å². The van der Waals surface area contributed by atoms with E-state index in [0.717, 1.165) is 28.2 Å². The maximum absolute atomic E-state index is 13.2. The van der Waals surface area contributed by atoms with Crippen LogP contribution in [0.25, 0.3) is 22.5 Å². The van der Waals surface area contributed by atoms with Gasteiger partial charge in [-0.15, -0.1) is 0 Å². The minimum Gasteiger partial charge on any atom is -0.378 e. The van der Waals surface area contributed by atoms with Crippen LogP contribution in [0.15, 0.2) is 42.6 Å². The van der Waals surface area contributed by atoms with Crippen LogP contribution in [0.1, 0.15) is 5.56 Å². The van der Waals surface area contributed by atoms with Crippen molar-refractivity contribution in [2.24, 2.45) is 0 Å². The second kappa shape index (κ2) is 5.60. The maximum atomic E-state index is 13.2. The Hall–Kier alpha value is -2.69. The van der Waals surface area contributed by atoms with Crippen LogP contribution in [0.2, 0.25) is 0 Å². The molecule has 0 saturated carbocycles. The first-order valence-corrected chi connectivity index (χ1v) is 7.00. The Morgan fingerprint density at radius 2 is 1.77 bits per heavy atom. The summed E-state index contributed by atoms with van der Waals surface area (Å²) in [7, 11) is 4.01. The Kier molecular flexibility index (Phi) is 3.63. The molecule has 0 atom stereocenters. The summed E-state index contributed by atoms with van der Waals surface area (Å²) in [6, 6.07) is 11.9. The number of aryl methyl sites for hydroxylation is 1. The number of halogens is 1. The van der Waals surface area contributed by atoms with E-state index in [1.807, 2.05) is 32.3 Å². The van der Waals surface area contributed by atoms with Gasteiger partial charge in [0.05, 0.1) is 11.4 Å². The lowest BCUT2D eigenvalue weighted by Crippen LogP contribution is -2.07. The summed E-state index contributed by atoms with van der Waals surface area (Å²) >= 11 is 0. The van der Waals surface area contributed by atoms with Crippen molar-refractivity contribution in [3.63, 3.8) is 0 Å². The molecule has 2 aromatic heterocycles. The number of pyridine rings is 1. The molecule has 0 spiro atoms. The molecule has 0 bridgehead atoms. The molecule has 0 aliphatic carbocycles. The fourth-order valence-electron chi connectivity index (χ4n) is 2.25. The molecule has 3 rings (SSSR count). The number of hydrogen-bond acceptors (Lipinski definition) is 3. The molecule has 3 aromatic rings. The van der Waals surface area contributed by atoms with E-state index in [2.05, 4.69) is 32.2 Å². The van der Waals surface area contributed by atoms with Crippen molar-refractivity contribution in [3.05, 3.63) is 54.1 Å². The predicted octanol–water partition coefficient (Wildman–Crippen LogP) is 3.65. The highest BCUT2D eigenvalue weighted by Crippen LogP contribution is 2.25. The fraction of sp³-hybridized carbons (Fsp3) is 0.176. The minimum atomic E-state index is -0.446. The van der Waals surface area contributed by atoms with E-state index in [9.17, 15) is 4.39 Å². The third-order valence-electron chi connectivity index (χ3n) is 3.58. The van der Waals surface area contributed by atoms with Gasteiger partial charge in [0.25, 0.3) is 0 Å². The van der Waals surface area contributed by atoms with E-state index in [4.69, 9.17) is 0 Å². The summed E-state index contributed by atoms with van der Waals surface area (Å²) in [6.45, 7) is 1.69. The SMILES string of the molecule is Cc1cc(-c2cc(-c3ccc(N(C)C)cc3)[nH]n2)cnc1F. The van der Waals surface area contributed by atoms with E-state index in [1.165, 1.54) is 6.20 Å². The van der Waals surface area contributed by atoms with Gasteiger partial charge in [0.1, 0.15) is 0 Å². The maximum Gasteiger partial charge on any atom is 0.215 e. The van der Waals surface area contributed by atoms with Crippen molar-refractivity contribution in [1.82, 2.24) is 15.2 Å². The molecule has 0 saturated heterocycles. The molecular weight excluding hydrogens is 279 g/mol. The van der Waals surface area contributed by atoms with E-state index >= 15 is 0 Å². The zero-order valence-electron chi connectivity index (χ0n) is 12.8.